The van der Waals surface area contributed by atoms with Crippen LogP contribution in [0.1, 0.15) is 32.6 Å². The molecule has 1 rings (SSSR count). The third-order valence-electron chi connectivity index (χ3n) is 2.42. The van der Waals surface area contributed by atoms with Crippen molar-refractivity contribution in [1.82, 2.24) is 5.32 Å². The van der Waals surface area contributed by atoms with E-state index in [1.54, 1.807) is 0 Å². The molecule has 0 bridgehead atoms. The summed E-state index contributed by atoms with van der Waals surface area (Å²) in [5.74, 6) is 0. The molecule has 0 aromatic carbocycles. The van der Waals surface area contributed by atoms with Gasteiger partial charge in [-0.15, -0.1) is 0 Å². The Hall–Kier alpha value is -0.250. The largest absolute Gasteiger partial charge is 0.390 e. The van der Waals surface area contributed by atoms with Crippen molar-refractivity contribution in [2.45, 2.75) is 44.3 Å². The summed E-state index contributed by atoms with van der Waals surface area (Å²) >= 11 is 0. The second-order valence-electron chi connectivity index (χ2n) is 3.71. The topological polar surface area (TPSA) is 12.0 Å². The first-order chi connectivity index (χ1) is 5.41. The molecule has 0 spiro atoms. The Balaban J connectivity index is 2.10. The van der Waals surface area contributed by atoms with Crippen molar-refractivity contribution in [1.29, 1.82) is 0 Å². The van der Waals surface area contributed by atoms with E-state index in [0.29, 0.717) is 0 Å². The number of hydrogen-bond acceptors (Lipinski definition) is 1. The first-order valence-electron chi connectivity index (χ1n) is 4.23. The molecule has 4 heteroatoms. The Kier molecular flexibility index (Phi) is 2.66. The average molecular weight is 181 g/mol. The van der Waals surface area contributed by atoms with Gasteiger partial charge in [0.15, 0.2) is 0 Å². The van der Waals surface area contributed by atoms with Gasteiger partial charge in [-0.2, -0.15) is 13.2 Å². The Bertz CT molecular complexity index is 149. The molecule has 0 unspecified atom stereocenters. The van der Waals surface area contributed by atoms with E-state index < -0.39 is 12.6 Å². The lowest BCUT2D eigenvalue weighted by atomic mass is 9.78. The van der Waals surface area contributed by atoms with Gasteiger partial charge in [-0.3, -0.25) is 0 Å². The molecule has 0 aromatic rings. The fourth-order valence-corrected chi connectivity index (χ4v) is 1.39. The van der Waals surface area contributed by atoms with Crippen LogP contribution in [0.3, 0.4) is 0 Å². The van der Waals surface area contributed by atoms with Gasteiger partial charge in [-0.1, -0.05) is 0 Å². The summed E-state index contributed by atoms with van der Waals surface area (Å²) in [6.07, 6.45) is -1.60. The Morgan fingerprint density at radius 3 is 2.25 bits per heavy atom. The van der Waals surface area contributed by atoms with Crippen LogP contribution < -0.4 is 5.32 Å². The van der Waals surface area contributed by atoms with Gasteiger partial charge in [0.1, 0.15) is 0 Å². The van der Waals surface area contributed by atoms with Crippen LogP contribution in [-0.2, 0) is 0 Å². The molecule has 1 aliphatic carbocycles. The molecule has 1 nitrogen and oxygen atoms in total. The van der Waals surface area contributed by atoms with Crippen molar-refractivity contribution in [2.75, 3.05) is 6.54 Å². The van der Waals surface area contributed by atoms with Gasteiger partial charge >= 0.3 is 6.18 Å². The molecule has 1 aliphatic rings. The third kappa shape index (κ3) is 3.01. The molecule has 0 aliphatic heterocycles. The molecule has 0 saturated heterocycles. The van der Waals surface area contributed by atoms with Crippen molar-refractivity contribution in [3.05, 3.63) is 0 Å². The van der Waals surface area contributed by atoms with Crippen molar-refractivity contribution in [3.8, 4) is 0 Å². The Morgan fingerprint density at radius 2 is 1.92 bits per heavy atom. The molecule has 0 aromatic heterocycles. The summed E-state index contributed by atoms with van der Waals surface area (Å²) in [4.78, 5) is 0. The third-order valence-corrected chi connectivity index (χ3v) is 2.42. The lowest BCUT2D eigenvalue weighted by Crippen LogP contribution is -2.49. The lowest BCUT2D eigenvalue weighted by molar-refractivity contribution is -0.134. The van der Waals surface area contributed by atoms with E-state index in [1.165, 1.54) is 0 Å². The van der Waals surface area contributed by atoms with Crippen molar-refractivity contribution in [3.63, 3.8) is 0 Å². The van der Waals surface area contributed by atoms with E-state index in [0.717, 1.165) is 19.3 Å². The van der Waals surface area contributed by atoms with Crippen molar-refractivity contribution in [2.24, 2.45) is 0 Å². The van der Waals surface area contributed by atoms with Crippen LogP contribution in [0.25, 0.3) is 0 Å². The number of rotatable bonds is 3. The molecule has 0 radical (unpaired) electrons. The van der Waals surface area contributed by atoms with Gasteiger partial charge in [0.05, 0.1) is 6.42 Å². The van der Waals surface area contributed by atoms with Crippen LogP contribution >= 0.6 is 0 Å². The molecule has 0 atom stereocenters. The maximum atomic E-state index is 11.7. The van der Waals surface area contributed by atoms with Gasteiger partial charge in [-0.25, -0.2) is 0 Å². The van der Waals surface area contributed by atoms with Crippen LogP contribution in [0, 0.1) is 0 Å². The highest BCUT2D eigenvalue weighted by atomic mass is 19.4. The molecule has 1 saturated carbocycles. The second kappa shape index (κ2) is 3.24. The highest BCUT2D eigenvalue weighted by molar-refractivity contribution is 4.91. The Morgan fingerprint density at radius 1 is 1.33 bits per heavy atom. The number of nitrogens with one attached hydrogen (secondary N) is 1. The minimum atomic E-state index is -4.02. The quantitative estimate of drug-likeness (QED) is 0.705. The van der Waals surface area contributed by atoms with Crippen LogP contribution in [0.5, 0.6) is 0 Å². The number of alkyl halides is 3. The van der Waals surface area contributed by atoms with Crippen molar-refractivity contribution >= 4 is 0 Å². The SMILES string of the molecule is CC1(NCCC(F)(F)F)CCC1. The zero-order valence-corrected chi connectivity index (χ0v) is 7.17. The summed E-state index contributed by atoms with van der Waals surface area (Å²) in [6.45, 7) is 2.03. The highest BCUT2D eigenvalue weighted by Crippen LogP contribution is 2.31. The maximum Gasteiger partial charge on any atom is 0.390 e. The first-order valence-corrected chi connectivity index (χ1v) is 4.23. The molecule has 0 amide bonds. The minimum absolute atomic E-state index is 0.00868. The second-order valence-corrected chi connectivity index (χ2v) is 3.71. The maximum absolute atomic E-state index is 11.7. The summed E-state index contributed by atoms with van der Waals surface area (Å²) in [6, 6.07) is 0. The molecule has 1 N–H and O–H groups in total. The lowest BCUT2D eigenvalue weighted by Gasteiger charge is -2.39. The monoisotopic (exact) mass is 181 g/mol. The highest BCUT2D eigenvalue weighted by Gasteiger charge is 2.33. The van der Waals surface area contributed by atoms with E-state index >= 15 is 0 Å². The number of hydrogen-bond donors (Lipinski definition) is 1. The van der Waals surface area contributed by atoms with Crippen LogP contribution in [0.4, 0.5) is 13.2 Å². The molecule has 0 heterocycles. The smallest absolute Gasteiger partial charge is 0.311 e. The van der Waals surface area contributed by atoms with Gasteiger partial charge in [0.25, 0.3) is 0 Å². The summed E-state index contributed by atoms with van der Waals surface area (Å²) in [5, 5.41) is 2.93. The molecule has 1 fully saturated rings. The molecular formula is C8H14F3N. The Labute approximate surface area is 70.3 Å². The summed E-state index contributed by atoms with van der Waals surface area (Å²) in [7, 11) is 0. The van der Waals surface area contributed by atoms with Crippen LogP contribution in [-0.4, -0.2) is 18.3 Å². The predicted octanol–water partition coefficient (Wildman–Crippen LogP) is 2.47. The van der Waals surface area contributed by atoms with Crippen LogP contribution in [0.15, 0.2) is 0 Å². The summed E-state index contributed by atoms with van der Waals surface area (Å²) < 4.78 is 35.1. The zero-order chi connectivity index (χ0) is 9.24. The van der Waals surface area contributed by atoms with Crippen LogP contribution in [0.2, 0.25) is 0 Å². The van der Waals surface area contributed by atoms with Gasteiger partial charge in [-0.05, 0) is 26.2 Å². The number of halogens is 3. The molecule has 72 valence electrons. The fourth-order valence-electron chi connectivity index (χ4n) is 1.39. The van der Waals surface area contributed by atoms with E-state index in [9.17, 15) is 13.2 Å². The molecular weight excluding hydrogens is 167 g/mol. The normalized spacial score (nSPS) is 22.0. The van der Waals surface area contributed by atoms with E-state index in [2.05, 4.69) is 5.32 Å². The molecule has 12 heavy (non-hydrogen) atoms. The minimum Gasteiger partial charge on any atom is -0.311 e. The first kappa shape index (κ1) is 9.84. The van der Waals surface area contributed by atoms with E-state index in [-0.39, 0.29) is 12.1 Å². The van der Waals surface area contributed by atoms with Crippen molar-refractivity contribution < 1.29 is 13.2 Å². The standard InChI is InChI=1S/C8H14F3N/c1-7(3-2-4-7)12-6-5-8(9,10)11/h12H,2-6H2,1H3. The van der Waals surface area contributed by atoms with Gasteiger partial charge < -0.3 is 5.32 Å². The predicted molar refractivity (Wildman–Crippen MR) is 40.9 cm³/mol. The van der Waals surface area contributed by atoms with E-state index in [4.69, 9.17) is 0 Å². The van der Waals surface area contributed by atoms with Gasteiger partial charge in [0.2, 0.25) is 0 Å². The fraction of sp³-hybridized carbons (Fsp3) is 1.00. The average Bonchev–Trinajstić information content (AvgIpc) is 1.81. The van der Waals surface area contributed by atoms with E-state index in [1.807, 2.05) is 6.92 Å². The summed E-state index contributed by atoms with van der Waals surface area (Å²) in [5.41, 5.74) is -0.00868. The zero-order valence-electron chi connectivity index (χ0n) is 7.17. The van der Waals surface area contributed by atoms with Gasteiger partial charge in [0, 0.05) is 12.1 Å².